The van der Waals surface area contributed by atoms with Crippen LogP contribution in [-0.2, 0) is 5.75 Å². The second kappa shape index (κ2) is 5.43. The summed E-state index contributed by atoms with van der Waals surface area (Å²) in [6, 6.07) is 16.8. The van der Waals surface area contributed by atoms with Crippen LogP contribution in [0.25, 0.3) is 11.0 Å². The third-order valence-electron chi connectivity index (χ3n) is 2.97. The lowest BCUT2D eigenvalue weighted by Crippen LogP contribution is -2.02. The van der Waals surface area contributed by atoms with Crippen LogP contribution in [0.1, 0.15) is 5.56 Å². The quantitative estimate of drug-likeness (QED) is 0.587. The molecule has 0 fully saturated rings. The zero-order valence-electron chi connectivity index (χ0n) is 10.6. The van der Waals surface area contributed by atoms with E-state index in [0.717, 1.165) is 5.56 Å². The van der Waals surface area contributed by atoms with Gasteiger partial charge in [-0.2, -0.15) is 0 Å². The number of hydrogen-bond acceptors (Lipinski definition) is 4. The lowest BCUT2D eigenvalue weighted by Gasteiger charge is -2.05. The molecule has 3 rings (SSSR count). The van der Waals surface area contributed by atoms with Gasteiger partial charge in [0.2, 0.25) is 0 Å². The van der Waals surface area contributed by atoms with Crippen LogP contribution in [0.15, 0.2) is 68.7 Å². The molecule has 0 radical (unpaired) electrons. The Morgan fingerprint density at radius 3 is 2.50 bits per heavy atom. The van der Waals surface area contributed by atoms with Gasteiger partial charge < -0.3 is 9.52 Å². The highest BCUT2D eigenvalue weighted by atomic mass is 32.2. The Morgan fingerprint density at radius 2 is 1.70 bits per heavy atom. The fraction of sp³-hybridized carbons (Fsp3) is 0.0625. The minimum atomic E-state index is -0.498. The van der Waals surface area contributed by atoms with Crippen molar-refractivity contribution in [1.82, 2.24) is 0 Å². The van der Waals surface area contributed by atoms with E-state index in [0.29, 0.717) is 16.7 Å². The molecule has 1 heterocycles. The van der Waals surface area contributed by atoms with E-state index in [2.05, 4.69) is 0 Å². The van der Waals surface area contributed by atoms with Crippen LogP contribution in [0.5, 0.6) is 5.75 Å². The summed E-state index contributed by atoms with van der Waals surface area (Å²) in [7, 11) is 0. The Kier molecular flexibility index (Phi) is 3.48. The minimum absolute atomic E-state index is 0.00205. The standard InChI is InChI=1S/C16H12O3S/c17-14-12-8-4-5-9-13(12)19-16(18)15(14)20-10-11-6-2-1-3-7-11/h1-9,17H,10H2. The molecule has 0 aliphatic rings. The zero-order valence-corrected chi connectivity index (χ0v) is 11.4. The first-order valence-electron chi connectivity index (χ1n) is 6.17. The highest BCUT2D eigenvalue weighted by molar-refractivity contribution is 7.98. The Labute approximate surface area is 119 Å². The van der Waals surface area contributed by atoms with Crippen molar-refractivity contribution >= 4 is 22.7 Å². The van der Waals surface area contributed by atoms with E-state index in [1.807, 2.05) is 30.3 Å². The molecule has 0 saturated heterocycles. The minimum Gasteiger partial charge on any atom is -0.506 e. The number of aromatic hydroxyl groups is 1. The fourth-order valence-corrected chi connectivity index (χ4v) is 2.88. The second-order valence-electron chi connectivity index (χ2n) is 4.34. The molecule has 3 aromatic rings. The number of rotatable bonds is 3. The van der Waals surface area contributed by atoms with Gasteiger partial charge in [-0.3, -0.25) is 0 Å². The van der Waals surface area contributed by atoms with Gasteiger partial charge in [0.15, 0.2) is 0 Å². The number of benzene rings is 2. The van der Waals surface area contributed by atoms with Gasteiger partial charge >= 0.3 is 5.63 Å². The van der Waals surface area contributed by atoms with Crippen LogP contribution >= 0.6 is 11.8 Å². The number of para-hydroxylation sites is 1. The van der Waals surface area contributed by atoms with E-state index in [-0.39, 0.29) is 10.6 Å². The van der Waals surface area contributed by atoms with Crippen molar-refractivity contribution in [2.45, 2.75) is 10.6 Å². The molecule has 0 aliphatic carbocycles. The Balaban J connectivity index is 1.97. The summed E-state index contributed by atoms with van der Waals surface area (Å²) >= 11 is 1.29. The molecule has 0 unspecified atom stereocenters. The Hall–Kier alpha value is -2.20. The maximum atomic E-state index is 11.9. The topological polar surface area (TPSA) is 50.4 Å². The average molecular weight is 284 g/mol. The summed E-state index contributed by atoms with van der Waals surface area (Å²) in [5.41, 5.74) is 0.991. The van der Waals surface area contributed by atoms with Crippen LogP contribution < -0.4 is 5.63 Å². The van der Waals surface area contributed by atoms with E-state index in [1.54, 1.807) is 24.3 Å². The SMILES string of the molecule is O=c1oc2ccccc2c(O)c1SCc1ccccc1. The van der Waals surface area contributed by atoms with Crippen molar-refractivity contribution in [1.29, 1.82) is 0 Å². The molecule has 0 bridgehead atoms. The van der Waals surface area contributed by atoms with Gasteiger partial charge in [0, 0.05) is 5.75 Å². The van der Waals surface area contributed by atoms with Gasteiger partial charge in [0.05, 0.1) is 5.39 Å². The third kappa shape index (κ3) is 2.42. The van der Waals surface area contributed by atoms with Gasteiger partial charge in [0.1, 0.15) is 16.2 Å². The summed E-state index contributed by atoms with van der Waals surface area (Å²) in [5, 5.41) is 10.8. The molecule has 0 amide bonds. The van der Waals surface area contributed by atoms with E-state index >= 15 is 0 Å². The van der Waals surface area contributed by atoms with Crippen LogP contribution in [0.3, 0.4) is 0 Å². The molecule has 100 valence electrons. The van der Waals surface area contributed by atoms with Gasteiger partial charge in [-0.25, -0.2) is 4.79 Å². The van der Waals surface area contributed by atoms with Crippen molar-refractivity contribution in [3.05, 3.63) is 70.6 Å². The van der Waals surface area contributed by atoms with Crippen LogP contribution in [-0.4, -0.2) is 5.11 Å². The summed E-state index contributed by atoms with van der Waals surface area (Å²) in [6.07, 6.45) is 0. The largest absolute Gasteiger partial charge is 0.506 e. The average Bonchev–Trinajstić information content (AvgIpc) is 2.48. The monoisotopic (exact) mass is 284 g/mol. The molecule has 3 nitrogen and oxygen atoms in total. The molecule has 1 N–H and O–H groups in total. The molecule has 20 heavy (non-hydrogen) atoms. The van der Waals surface area contributed by atoms with Gasteiger partial charge in [-0.15, -0.1) is 11.8 Å². The molecule has 2 aromatic carbocycles. The Bertz CT molecular complexity index is 794. The molecule has 0 aliphatic heterocycles. The van der Waals surface area contributed by atoms with E-state index in [1.165, 1.54) is 11.8 Å². The molecule has 4 heteroatoms. The highest BCUT2D eigenvalue weighted by Crippen LogP contribution is 2.33. The summed E-state index contributed by atoms with van der Waals surface area (Å²) in [5.74, 6) is 0.607. The van der Waals surface area contributed by atoms with Crippen molar-refractivity contribution in [3.8, 4) is 5.75 Å². The first-order chi connectivity index (χ1) is 9.75. The third-order valence-corrected chi connectivity index (χ3v) is 4.10. The van der Waals surface area contributed by atoms with E-state index < -0.39 is 5.63 Å². The number of hydrogen-bond donors (Lipinski definition) is 1. The van der Waals surface area contributed by atoms with E-state index in [9.17, 15) is 9.90 Å². The molecular formula is C16H12O3S. The molecular weight excluding hydrogens is 272 g/mol. The fourth-order valence-electron chi connectivity index (χ4n) is 1.97. The Morgan fingerprint density at radius 1 is 1.00 bits per heavy atom. The number of fused-ring (bicyclic) bond motifs is 1. The van der Waals surface area contributed by atoms with Crippen LogP contribution in [0, 0.1) is 0 Å². The first-order valence-corrected chi connectivity index (χ1v) is 7.16. The number of thioether (sulfide) groups is 1. The van der Waals surface area contributed by atoms with Crippen molar-refractivity contribution < 1.29 is 9.52 Å². The second-order valence-corrected chi connectivity index (χ2v) is 5.32. The molecule has 0 saturated carbocycles. The molecule has 0 spiro atoms. The predicted octanol–water partition coefficient (Wildman–Crippen LogP) is 3.79. The van der Waals surface area contributed by atoms with Crippen molar-refractivity contribution in [2.24, 2.45) is 0 Å². The van der Waals surface area contributed by atoms with Crippen LogP contribution in [0.4, 0.5) is 0 Å². The zero-order chi connectivity index (χ0) is 13.9. The maximum absolute atomic E-state index is 11.9. The molecule has 1 aromatic heterocycles. The van der Waals surface area contributed by atoms with Gasteiger partial charge in [-0.05, 0) is 17.7 Å². The summed E-state index contributed by atoms with van der Waals surface area (Å²) < 4.78 is 5.23. The van der Waals surface area contributed by atoms with Crippen molar-refractivity contribution in [3.63, 3.8) is 0 Å². The first kappa shape index (κ1) is 12.8. The van der Waals surface area contributed by atoms with Crippen LogP contribution in [0.2, 0.25) is 0 Å². The van der Waals surface area contributed by atoms with Gasteiger partial charge in [0.25, 0.3) is 0 Å². The van der Waals surface area contributed by atoms with E-state index in [4.69, 9.17) is 4.42 Å². The van der Waals surface area contributed by atoms with Crippen molar-refractivity contribution in [2.75, 3.05) is 0 Å². The lowest BCUT2D eigenvalue weighted by atomic mass is 10.2. The normalized spacial score (nSPS) is 10.8. The highest BCUT2D eigenvalue weighted by Gasteiger charge is 2.14. The summed E-state index contributed by atoms with van der Waals surface area (Å²) in [4.78, 5) is 12.2. The summed E-state index contributed by atoms with van der Waals surface area (Å²) in [6.45, 7) is 0. The van der Waals surface area contributed by atoms with Gasteiger partial charge in [-0.1, -0.05) is 42.5 Å². The molecule has 0 atom stereocenters. The smallest absolute Gasteiger partial charge is 0.353 e. The predicted molar refractivity (Wildman–Crippen MR) is 80.2 cm³/mol. The lowest BCUT2D eigenvalue weighted by molar-refractivity contribution is 0.447. The maximum Gasteiger partial charge on any atom is 0.353 e.